The van der Waals surface area contributed by atoms with Crippen LogP contribution in [0.5, 0.6) is 0 Å². The summed E-state index contributed by atoms with van der Waals surface area (Å²) in [6, 6.07) is 1.72. The summed E-state index contributed by atoms with van der Waals surface area (Å²) in [6.07, 6.45) is -2.94. The molecule has 0 bridgehead atoms. The molecule has 128 valence electrons. The monoisotopic (exact) mass is 357 g/mol. The molecule has 0 aliphatic carbocycles. The minimum absolute atomic E-state index is 0.108. The van der Waals surface area contributed by atoms with Gasteiger partial charge in [-0.1, -0.05) is 28.8 Å². The molecule has 24 heavy (non-hydrogen) atoms. The van der Waals surface area contributed by atoms with Crippen molar-refractivity contribution in [3.05, 3.63) is 45.0 Å². The Morgan fingerprint density at radius 2 is 2.25 bits per heavy atom. The van der Waals surface area contributed by atoms with E-state index in [9.17, 15) is 19.1 Å². The predicted molar refractivity (Wildman–Crippen MR) is 80.7 cm³/mol. The molecule has 0 spiro atoms. The molecule has 0 radical (unpaired) electrons. The Morgan fingerprint density at radius 3 is 2.88 bits per heavy atom. The summed E-state index contributed by atoms with van der Waals surface area (Å²) in [5, 5.41) is 24.7. The molecule has 1 aliphatic heterocycles. The molecule has 1 aromatic rings. The third-order valence-electron chi connectivity index (χ3n) is 3.64. The van der Waals surface area contributed by atoms with Gasteiger partial charge >= 0.3 is 6.09 Å². The van der Waals surface area contributed by atoms with Gasteiger partial charge in [0.05, 0.1) is 17.2 Å². The highest BCUT2D eigenvalue weighted by molar-refractivity contribution is 6.30. The number of benzene rings is 1. The highest BCUT2D eigenvalue weighted by Crippen LogP contribution is 2.22. The van der Waals surface area contributed by atoms with E-state index in [2.05, 4.69) is 15.3 Å². The lowest BCUT2D eigenvalue weighted by atomic mass is 10.1. The van der Waals surface area contributed by atoms with Crippen LogP contribution in [0.4, 0.5) is 9.18 Å². The van der Waals surface area contributed by atoms with Gasteiger partial charge in [0.1, 0.15) is 11.9 Å². The summed E-state index contributed by atoms with van der Waals surface area (Å²) >= 11 is 5.64. The van der Waals surface area contributed by atoms with E-state index in [1.807, 2.05) is 0 Å². The van der Waals surface area contributed by atoms with Gasteiger partial charge in [0.25, 0.3) is 0 Å². The molecule has 1 aliphatic rings. The van der Waals surface area contributed by atoms with Crippen LogP contribution < -0.4 is 5.32 Å². The average molecular weight is 358 g/mol. The van der Waals surface area contributed by atoms with E-state index in [1.165, 1.54) is 18.2 Å². The lowest BCUT2D eigenvalue weighted by molar-refractivity contribution is -0.127. The van der Waals surface area contributed by atoms with Crippen LogP contribution in [-0.4, -0.2) is 51.8 Å². The van der Waals surface area contributed by atoms with Crippen LogP contribution in [0.15, 0.2) is 23.3 Å². The number of amides is 2. The van der Waals surface area contributed by atoms with Crippen molar-refractivity contribution in [1.82, 2.24) is 10.2 Å². The molecule has 9 nitrogen and oxygen atoms in total. The van der Waals surface area contributed by atoms with Crippen LogP contribution in [0, 0.1) is 5.82 Å². The predicted octanol–water partition coefficient (Wildman–Crippen LogP) is 1.50. The lowest BCUT2D eigenvalue weighted by Crippen LogP contribution is -2.50. The number of likely N-dealkylation sites (tertiary alicyclic amines) is 1. The van der Waals surface area contributed by atoms with Crippen molar-refractivity contribution >= 4 is 23.6 Å². The molecule has 1 fully saturated rings. The van der Waals surface area contributed by atoms with Gasteiger partial charge in [0.2, 0.25) is 5.91 Å². The Bertz CT molecular complexity index is 712. The Labute approximate surface area is 140 Å². The molecular formula is C13H13ClFN5O4. The van der Waals surface area contributed by atoms with Crippen LogP contribution >= 0.6 is 11.6 Å². The molecule has 2 amide bonds. The quantitative estimate of drug-likeness (QED) is 0.427. The van der Waals surface area contributed by atoms with Crippen LogP contribution in [0.2, 0.25) is 5.02 Å². The second-order valence-corrected chi connectivity index (χ2v) is 5.48. The molecular weight excluding hydrogens is 345 g/mol. The summed E-state index contributed by atoms with van der Waals surface area (Å²) in [6.45, 7) is -0.557. The standard InChI is InChI=1S/C13H13ClFN5O4/c14-7-3-1-2-6(9(7)15)4-17-12(22)10-11(21)8(18-19-16)5-20(10)13(23)24/h1-3,8,10-11,21H,4-5H2,(H,17,22)(H,23,24)/t8-,10+,11+/m1/s1. The third kappa shape index (κ3) is 3.51. The molecule has 1 saturated heterocycles. The van der Waals surface area contributed by atoms with Gasteiger partial charge in [-0.05, 0) is 11.6 Å². The zero-order valence-corrected chi connectivity index (χ0v) is 12.9. The van der Waals surface area contributed by atoms with E-state index in [0.29, 0.717) is 4.90 Å². The molecule has 2 rings (SSSR count). The molecule has 0 unspecified atom stereocenters. The highest BCUT2D eigenvalue weighted by atomic mass is 35.5. The lowest BCUT2D eigenvalue weighted by Gasteiger charge is -2.22. The number of nitrogens with one attached hydrogen (secondary N) is 1. The van der Waals surface area contributed by atoms with Crippen LogP contribution in [0.1, 0.15) is 5.56 Å². The van der Waals surface area contributed by atoms with E-state index < -0.39 is 36.0 Å². The van der Waals surface area contributed by atoms with Crippen molar-refractivity contribution < 1.29 is 24.2 Å². The first-order valence-corrected chi connectivity index (χ1v) is 7.17. The minimum atomic E-state index is -1.50. The van der Waals surface area contributed by atoms with Gasteiger partial charge in [-0.3, -0.25) is 9.69 Å². The van der Waals surface area contributed by atoms with Crippen LogP contribution in [0.3, 0.4) is 0 Å². The fraction of sp³-hybridized carbons (Fsp3) is 0.385. The maximum absolute atomic E-state index is 13.8. The van der Waals surface area contributed by atoms with Crippen molar-refractivity contribution in [1.29, 1.82) is 0 Å². The number of carbonyl (C=O) groups excluding carboxylic acids is 1. The van der Waals surface area contributed by atoms with E-state index in [0.717, 1.165) is 0 Å². The number of halogens is 2. The summed E-state index contributed by atoms with van der Waals surface area (Å²) in [7, 11) is 0. The summed E-state index contributed by atoms with van der Waals surface area (Å²) < 4.78 is 13.8. The first-order valence-electron chi connectivity index (χ1n) is 6.79. The fourth-order valence-electron chi connectivity index (χ4n) is 2.45. The Morgan fingerprint density at radius 1 is 1.54 bits per heavy atom. The van der Waals surface area contributed by atoms with Gasteiger partial charge in [0, 0.05) is 23.6 Å². The van der Waals surface area contributed by atoms with Gasteiger partial charge in [-0.25, -0.2) is 9.18 Å². The molecule has 3 N–H and O–H groups in total. The molecule has 0 saturated carbocycles. The van der Waals surface area contributed by atoms with E-state index in [1.54, 1.807) is 0 Å². The number of aliphatic hydroxyl groups excluding tert-OH is 1. The Kier molecular flexibility index (Phi) is 5.45. The number of carboxylic acid groups (broad SMARTS) is 1. The minimum Gasteiger partial charge on any atom is -0.465 e. The summed E-state index contributed by atoms with van der Waals surface area (Å²) in [4.78, 5) is 26.6. The van der Waals surface area contributed by atoms with Crippen molar-refractivity contribution in [2.75, 3.05) is 6.54 Å². The zero-order valence-electron chi connectivity index (χ0n) is 12.1. The van der Waals surface area contributed by atoms with Crippen molar-refractivity contribution in [3.63, 3.8) is 0 Å². The maximum Gasteiger partial charge on any atom is 0.408 e. The summed E-state index contributed by atoms with van der Waals surface area (Å²) in [5.74, 6) is -1.53. The molecule has 3 atom stereocenters. The largest absolute Gasteiger partial charge is 0.465 e. The number of hydrogen-bond acceptors (Lipinski definition) is 4. The third-order valence-corrected chi connectivity index (χ3v) is 3.93. The van der Waals surface area contributed by atoms with Crippen molar-refractivity contribution in [2.45, 2.75) is 24.7 Å². The first-order chi connectivity index (χ1) is 11.4. The van der Waals surface area contributed by atoms with E-state index >= 15 is 0 Å². The zero-order chi connectivity index (χ0) is 17.9. The SMILES string of the molecule is [N-]=[N+]=N[C@@H]1CN(C(=O)O)[C@H](C(=O)NCc2cccc(Cl)c2F)[C@H]1O. The molecule has 1 heterocycles. The Balaban J connectivity index is 2.13. The number of rotatable bonds is 4. The van der Waals surface area contributed by atoms with Gasteiger partial charge in [-0.15, -0.1) is 0 Å². The number of nitrogens with zero attached hydrogens (tertiary/aromatic N) is 4. The molecule has 1 aromatic carbocycles. The van der Waals surface area contributed by atoms with Crippen LogP contribution in [0.25, 0.3) is 10.4 Å². The topological polar surface area (TPSA) is 139 Å². The number of azide groups is 1. The summed E-state index contributed by atoms with van der Waals surface area (Å²) in [5.41, 5.74) is 8.54. The second-order valence-electron chi connectivity index (χ2n) is 5.07. The van der Waals surface area contributed by atoms with E-state index in [4.69, 9.17) is 22.2 Å². The number of aliphatic hydroxyl groups is 1. The molecule has 0 aromatic heterocycles. The maximum atomic E-state index is 13.8. The van der Waals surface area contributed by atoms with Crippen LogP contribution in [-0.2, 0) is 11.3 Å². The van der Waals surface area contributed by atoms with Crippen molar-refractivity contribution in [3.8, 4) is 0 Å². The first kappa shape index (κ1) is 17.8. The molecule has 11 heteroatoms. The van der Waals surface area contributed by atoms with Crippen molar-refractivity contribution in [2.24, 2.45) is 5.11 Å². The van der Waals surface area contributed by atoms with Gasteiger partial charge in [0.15, 0.2) is 0 Å². The second kappa shape index (κ2) is 7.35. The normalized spacial score (nSPS) is 22.8. The smallest absolute Gasteiger partial charge is 0.408 e. The average Bonchev–Trinajstić information content (AvgIpc) is 2.86. The van der Waals surface area contributed by atoms with Gasteiger partial charge in [-0.2, -0.15) is 0 Å². The van der Waals surface area contributed by atoms with E-state index in [-0.39, 0.29) is 23.7 Å². The fourth-order valence-corrected chi connectivity index (χ4v) is 2.65. The Hall–Kier alpha value is -2.55. The van der Waals surface area contributed by atoms with Gasteiger partial charge < -0.3 is 15.5 Å². The number of carbonyl (C=O) groups is 2. The number of hydrogen-bond donors (Lipinski definition) is 3. The highest BCUT2D eigenvalue weighted by Gasteiger charge is 2.47.